The summed E-state index contributed by atoms with van der Waals surface area (Å²) in [5, 5.41) is 21.2. The van der Waals surface area contributed by atoms with Gasteiger partial charge >= 0.3 is 11.9 Å². The summed E-state index contributed by atoms with van der Waals surface area (Å²) in [6.07, 6.45) is 0.792. The molecular weight excluding hydrogens is 588 g/mol. The SMILES string of the molecule is COc1cc(/C=C2/SC(=S)N([C@H](CCC(=O)O)C(=O)O)C2=O)c(Br)cc1OCC(=O)Nc1ccccc1. The second-order valence-corrected chi connectivity index (χ2v) is 10.1. The number of para-hydroxylation sites is 1. The second kappa shape index (κ2) is 12.7. The summed E-state index contributed by atoms with van der Waals surface area (Å²) in [6, 6.07) is 10.7. The van der Waals surface area contributed by atoms with Gasteiger partial charge in [0.25, 0.3) is 11.8 Å². The van der Waals surface area contributed by atoms with E-state index in [-0.39, 0.29) is 33.9 Å². The zero-order chi connectivity index (χ0) is 27.1. The minimum Gasteiger partial charge on any atom is -0.493 e. The zero-order valence-corrected chi connectivity index (χ0v) is 22.5. The molecule has 0 unspecified atom stereocenters. The van der Waals surface area contributed by atoms with Crippen LogP contribution in [0.4, 0.5) is 5.69 Å². The lowest BCUT2D eigenvalue weighted by atomic mass is 10.1. The molecule has 0 bridgehead atoms. The zero-order valence-electron chi connectivity index (χ0n) is 19.3. The van der Waals surface area contributed by atoms with Gasteiger partial charge in [0.05, 0.1) is 12.0 Å². The molecule has 1 heterocycles. The molecule has 3 rings (SSSR count). The first-order valence-corrected chi connectivity index (χ1v) is 12.7. The van der Waals surface area contributed by atoms with Gasteiger partial charge in [0, 0.05) is 16.6 Å². The Morgan fingerprint density at radius 3 is 2.51 bits per heavy atom. The minimum absolute atomic E-state index is 0.0153. The highest BCUT2D eigenvalue weighted by Crippen LogP contribution is 2.39. The van der Waals surface area contributed by atoms with Gasteiger partial charge in [-0.3, -0.25) is 19.3 Å². The number of ether oxygens (including phenoxy) is 2. The highest BCUT2D eigenvalue weighted by Gasteiger charge is 2.40. The van der Waals surface area contributed by atoms with Gasteiger partial charge in [0.15, 0.2) is 18.1 Å². The van der Waals surface area contributed by atoms with Crippen LogP contribution >= 0.6 is 39.9 Å². The quantitative estimate of drug-likeness (QED) is 0.253. The molecule has 2 aromatic rings. The third kappa shape index (κ3) is 7.31. The van der Waals surface area contributed by atoms with Gasteiger partial charge in [-0.1, -0.05) is 58.1 Å². The van der Waals surface area contributed by atoms with Gasteiger partial charge in [0.1, 0.15) is 10.4 Å². The second-order valence-electron chi connectivity index (χ2n) is 7.57. The molecule has 2 aromatic carbocycles. The van der Waals surface area contributed by atoms with E-state index in [0.29, 0.717) is 21.5 Å². The maximum absolute atomic E-state index is 13.0. The predicted octanol–water partition coefficient (Wildman–Crippen LogP) is 3.99. The van der Waals surface area contributed by atoms with Crippen LogP contribution in [0.15, 0.2) is 51.8 Å². The largest absolute Gasteiger partial charge is 0.493 e. The molecule has 3 N–H and O–H groups in total. The third-order valence-electron chi connectivity index (χ3n) is 5.04. The number of amides is 2. The van der Waals surface area contributed by atoms with Crippen molar-refractivity contribution in [1.82, 2.24) is 4.90 Å². The highest BCUT2D eigenvalue weighted by molar-refractivity contribution is 9.10. The molecule has 1 aliphatic heterocycles. The van der Waals surface area contributed by atoms with E-state index in [1.807, 2.05) is 6.07 Å². The number of carbonyl (C=O) groups is 4. The van der Waals surface area contributed by atoms with Crippen molar-refractivity contribution in [1.29, 1.82) is 0 Å². The molecule has 1 aliphatic rings. The van der Waals surface area contributed by atoms with E-state index >= 15 is 0 Å². The summed E-state index contributed by atoms with van der Waals surface area (Å²) in [4.78, 5) is 48.9. The Labute approximate surface area is 229 Å². The van der Waals surface area contributed by atoms with Crippen molar-refractivity contribution in [2.24, 2.45) is 0 Å². The molecule has 1 fully saturated rings. The number of nitrogens with one attached hydrogen (secondary N) is 1. The van der Waals surface area contributed by atoms with Gasteiger partial charge < -0.3 is 25.0 Å². The minimum atomic E-state index is -1.40. The summed E-state index contributed by atoms with van der Waals surface area (Å²) >= 11 is 9.54. The van der Waals surface area contributed by atoms with Gasteiger partial charge in [-0.2, -0.15) is 0 Å². The van der Waals surface area contributed by atoms with Crippen molar-refractivity contribution in [3.05, 3.63) is 57.4 Å². The van der Waals surface area contributed by atoms with Crippen LogP contribution in [-0.2, 0) is 19.2 Å². The Morgan fingerprint density at radius 1 is 1.19 bits per heavy atom. The van der Waals surface area contributed by atoms with Gasteiger partial charge in [-0.25, -0.2) is 4.79 Å². The molecule has 0 aromatic heterocycles. The molecule has 0 radical (unpaired) electrons. The Hall–Kier alpha value is -3.42. The Bertz CT molecular complexity index is 1270. The van der Waals surface area contributed by atoms with Crippen molar-refractivity contribution < 1.29 is 38.9 Å². The first-order chi connectivity index (χ1) is 17.6. The number of carboxylic acid groups (broad SMARTS) is 2. The molecule has 10 nitrogen and oxygen atoms in total. The van der Waals surface area contributed by atoms with Crippen LogP contribution < -0.4 is 14.8 Å². The lowest BCUT2D eigenvalue weighted by Crippen LogP contribution is -2.44. The van der Waals surface area contributed by atoms with E-state index in [2.05, 4.69) is 21.2 Å². The number of halogens is 1. The van der Waals surface area contributed by atoms with Crippen LogP contribution in [0.2, 0.25) is 0 Å². The number of thiocarbonyl (C=S) groups is 1. The maximum atomic E-state index is 13.0. The average Bonchev–Trinajstić information content (AvgIpc) is 3.12. The summed E-state index contributed by atoms with van der Waals surface area (Å²) in [5.74, 6) is -2.96. The van der Waals surface area contributed by atoms with E-state index in [0.717, 1.165) is 16.7 Å². The summed E-state index contributed by atoms with van der Waals surface area (Å²) < 4.78 is 11.5. The number of aliphatic carboxylic acids is 2. The van der Waals surface area contributed by atoms with Crippen LogP contribution in [0, 0.1) is 0 Å². The van der Waals surface area contributed by atoms with E-state index in [4.69, 9.17) is 26.8 Å². The number of anilines is 1. The lowest BCUT2D eigenvalue weighted by Gasteiger charge is -2.22. The molecule has 0 aliphatic carbocycles. The van der Waals surface area contributed by atoms with Crippen molar-refractivity contribution in [3.63, 3.8) is 0 Å². The Morgan fingerprint density at radius 2 is 1.89 bits per heavy atom. The topological polar surface area (TPSA) is 142 Å². The molecule has 37 heavy (non-hydrogen) atoms. The monoisotopic (exact) mass is 608 g/mol. The number of hydrogen-bond donors (Lipinski definition) is 3. The number of carboxylic acids is 2. The fourth-order valence-corrected chi connectivity index (χ4v) is 5.09. The average molecular weight is 609 g/mol. The summed E-state index contributed by atoms with van der Waals surface area (Å²) in [5.41, 5.74) is 1.14. The van der Waals surface area contributed by atoms with Gasteiger partial charge in [0.2, 0.25) is 0 Å². The van der Waals surface area contributed by atoms with E-state index in [9.17, 15) is 24.3 Å². The van der Waals surface area contributed by atoms with E-state index in [1.54, 1.807) is 36.4 Å². The fraction of sp³-hybridized carbons (Fsp3) is 0.208. The van der Waals surface area contributed by atoms with Crippen molar-refractivity contribution in [3.8, 4) is 11.5 Å². The summed E-state index contributed by atoms with van der Waals surface area (Å²) in [7, 11) is 1.42. The molecular formula is C24H21BrN2O8S2. The van der Waals surface area contributed by atoms with Gasteiger partial charge in [-0.15, -0.1) is 0 Å². The molecule has 2 amide bonds. The molecule has 0 saturated carbocycles. The van der Waals surface area contributed by atoms with Crippen LogP contribution in [0.1, 0.15) is 18.4 Å². The fourth-order valence-electron chi connectivity index (χ4n) is 3.31. The molecule has 0 spiro atoms. The lowest BCUT2D eigenvalue weighted by molar-refractivity contribution is -0.146. The Balaban J connectivity index is 1.77. The van der Waals surface area contributed by atoms with E-state index in [1.165, 1.54) is 13.2 Å². The number of benzene rings is 2. The smallest absolute Gasteiger partial charge is 0.326 e. The first kappa shape index (κ1) is 28.2. The number of methoxy groups -OCH3 is 1. The highest BCUT2D eigenvalue weighted by atomic mass is 79.9. The number of carbonyl (C=O) groups excluding carboxylic acids is 2. The molecule has 13 heteroatoms. The molecule has 1 atom stereocenters. The Kier molecular flexibility index (Phi) is 9.66. The normalized spacial score (nSPS) is 15.0. The van der Waals surface area contributed by atoms with Crippen molar-refractivity contribution in [2.45, 2.75) is 18.9 Å². The third-order valence-corrected chi connectivity index (χ3v) is 7.05. The first-order valence-electron chi connectivity index (χ1n) is 10.7. The van der Waals surface area contributed by atoms with Gasteiger partial charge in [-0.05, 0) is 42.3 Å². The summed E-state index contributed by atoms with van der Waals surface area (Å²) in [6.45, 7) is -0.275. The maximum Gasteiger partial charge on any atom is 0.326 e. The number of thioether (sulfide) groups is 1. The van der Waals surface area contributed by atoms with E-state index < -0.39 is 30.3 Å². The molecule has 194 valence electrons. The number of hydrogen-bond acceptors (Lipinski definition) is 8. The molecule has 1 saturated heterocycles. The van der Waals surface area contributed by atoms with Crippen LogP contribution in [0.25, 0.3) is 6.08 Å². The predicted molar refractivity (Wildman–Crippen MR) is 145 cm³/mol. The van der Waals surface area contributed by atoms with Crippen LogP contribution in [-0.4, -0.2) is 62.9 Å². The standard InChI is InChI=1S/C24H21BrN2O8S2/c1-34-17-9-13(15(25)11-18(17)35-12-20(28)26-14-5-3-2-4-6-14)10-19-22(31)27(24(36)37-19)16(23(32)33)7-8-21(29)30/h2-6,9-11,16H,7-8,12H2,1H3,(H,26,28)(H,29,30)(H,32,33)/b19-10+/t16-/m1/s1. The number of rotatable bonds is 11. The number of nitrogens with zero attached hydrogens (tertiary/aromatic N) is 1. The van der Waals surface area contributed by atoms with Crippen molar-refractivity contribution >= 4 is 79.7 Å². The van der Waals surface area contributed by atoms with Crippen LogP contribution in [0.5, 0.6) is 11.5 Å². The van der Waals surface area contributed by atoms with Crippen molar-refractivity contribution in [2.75, 3.05) is 19.0 Å². The van der Waals surface area contributed by atoms with Crippen LogP contribution in [0.3, 0.4) is 0 Å².